The Balaban J connectivity index is 3.99. The smallest absolute Gasteiger partial charge is 0.305 e. The van der Waals surface area contributed by atoms with Crippen molar-refractivity contribution in [2.45, 2.75) is 38.6 Å². The molecule has 0 radical (unpaired) electrons. The van der Waals surface area contributed by atoms with E-state index in [4.69, 9.17) is 5.11 Å². The highest BCUT2D eigenvalue weighted by Gasteiger charge is 2.19. The fraction of sp³-hybridized carbons (Fsp3) is 0.769. The van der Waals surface area contributed by atoms with Gasteiger partial charge in [-0.25, -0.2) is 0 Å². The zero-order valence-corrected chi connectivity index (χ0v) is 12.4. The van der Waals surface area contributed by atoms with E-state index >= 15 is 0 Å². The van der Waals surface area contributed by atoms with Crippen LogP contribution in [0.3, 0.4) is 0 Å². The maximum Gasteiger partial charge on any atom is 0.305 e. The molecule has 0 saturated carbocycles. The lowest BCUT2D eigenvalue weighted by Crippen LogP contribution is -2.44. The number of amides is 2. The van der Waals surface area contributed by atoms with Gasteiger partial charge >= 0.3 is 5.97 Å². The minimum Gasteiger partial charge on any atom is -0.481 e. The number of likely N-dealkylation sites (N-methyl/N-ethyl adjacent to an activating group) is 1. The van der Waals surface area contributed by atoms with E-state index in [-0.39, 0.29) is 30.8 Å². The van der Waals surface area contributed by atoms with Gasteiger partial charge in [-0.1, -0.05) is 0 Å². The average molecular weight is 289 g/mol. The highest BCUT2D eigenvalue weighted by atomic mass is 16.4. The minimum absolute atomic E-state index is 0.0550. The zero-order chi connectivity index (χ0) is 15.5. The lowest BCUT2D eigenvalue weighted by Gasteiger charge is -2.23. The largest absolute Gasteiger partial charge is 0.481 e. The monoisotopic (exact) mass is 289 g/mol. The van der Waals surface area contributed by atoms with E-state index in [9.17, 15) is 14.4 Å². The molecule has 0 aliphatic rings. The second-order valence-corrected chi connectivity index (χ2v) is 4.89. The number of nitrogens with one attached hydrogen (secondary N) is 2. The zero-order valence-electron chi connectivity index (χ0n) is 12.4. The third-order valence-electron chi connectivity index (χ3n) is 2.84. The molecule has 20 heavy (non-hydrogen) atoms. The van der Waals surface area contributed by atoms with Crippen molar-refractivity contribution in [1.29, 1.82) is 0 Å². The number of carbonyl (C=O) groups is 3. The van der Waals surface area contributed by atoms with Crippen LogP contribution in [0.15, 0.2) is 0 Å². The highest BCUT2D eigenvalue weighted by molar-refractivity contribution is 5.82. The number of carboxylic acids is 1. The minimum atomic E-state index is -0.929. The van der Waals surface area contributed by atoms with Crippen LogP contribution in [-0.2, 0) is 14.4 Å². The summed E-state index contributed by atoms with van der Waals surface area (Å²) in [5.74, 6) is -1.14. The third kappa shape index (κ3) is 9.32. The Labute approximate surface area is 119 Å². The standard InChI is InChI=1S/C13H25N3O4/c1-10(17)14-8-5-4-6-11(16(2)3)13(20)15-9-7-12(18)19/h11H,4-9H2,1-3H3,(H,14,17)(H,15,20)(H,18,19)/i2+1,3+1. The molecule has 1 atom stereocenters. The van der Waals surface area contributed by atoms with Gasteiger partial charge in [-0.05, 0) is 33.4 Å². The van der Waals surface area contributed by atoms with Crippen molar-refractivity contribution in [3.8, 4) is 0 Å². The normalized spacial score (nSPS) is 12.0. The molecule has 0 fully saturated rings. The Morgan fingerprint density at radius 1 is 1.10 bits per heavy atom. The lowest BCUT2D eigenvalue weighted by atomic mass is 10.1. The topological polar surface area (TPSA) is 98.7 Å². The maximum atomic E-state index is 11.9. The molecule has 1 unspecified atom stereocenters. The molecule has 0 heterocycles. The van der Waals surface area contributed by atoms with Crippen molar-refractivity contribution >= 4 is 17.8 Å². The van der Waals surface area contributed by atoms with Gasteiger partial charge in [-0.15, -0.1) is 0 Å². The summed E-state index contributed by atoms with van der Waals surface area (Å²) in [4.78, 5) is 34.8. The van der Waals surface area contributed by atoms with Crippen LogP contribution in [0.1, 0.15) is 32.6 Å². The van der Waals surface area contributed by atoms with Gasteiger partial charge in [0, 0.05) is 20.0 Å². The van der Waals surface area contributed by atoms with E-state index < -0.39 is 5.97 Å². The fourth-order valence-corrected chi connectivity index (χ4v) is 1.76. The van der Waals surface area contributed by atoms with Gasteiger partial charge in [0.15, 0.2) is 0 Å². The number of carboxylic acid groups (broad SMARTS) is 1. The molecule has 0 aromatic heterocycles. The van der Waals surface area contributed by atoms with E-state index in [1.807, 2.05) is 19.0 Å². The predicted molar refractivity (Wildman–Crippen MR) is 75.3 cm³/mol. The molecule has 0 bridgehead atoms. The van der Waals surface area contributed by atoms with Crippen LogP contribution >= 0.6 is 0 Å². The quantitative estimate of drug-likeness (QED) is 0.382. The molecular formula is C13H25N3O4. The molecule has 116 valence electrons. The van der Waals surface area contributed by atoms with Crippen LogP contribution in [0.5, 0.6) is 0 Å². The van der Waals surface area contributed by atoms with E-state index in [0.717, 1.165) is 12.8 Å². The number of hydrogen-bond acceptors (Lipinski definition) is 4. The molecule has 0 aromatic rings. The molecule has 0 saturated heterocycles. The fourth-order valence-electron chi connectivity index (χ4n) is 1.76. The Morgan fingerprint density at radius 3 is 2.25 bits per heavy atom. The van der Waals surface area contributed by atoms with Gasteiger partial charge in [-0.2, -0.15) is 0 Å². The summed E-state index contributed by atoms with van der Waals surface area (Å²) in [5.41, 5.74) is 0. The van der Waals surface area contributed by atoms with Gasteiger partial charge in [-0.3, -0.25) is 19.3 Å². The van der Waals surface area contributed by atoms with Crippen molar-refractivity contribution in [2.75, 3.05) is 27.2 Å². The number of carbonyl (C=O) groups excluding carboxylic acids is 2. The number of nitrogens with zero attached hydrogens (tertiary/aromatic N) is 1. The van der Waals surface area contributed by atoms with Gasteiger partial charge < -0.3 is 15.7 Å². The van der Waals surface area contributed by atoms with E-state index in [2.05, 4.69) is 10.6 Å². The first-order valence-electron chi connectivity index (χ1n) is 6.75. The third-order valence-corrected chi connectivity index (χ3v) is 2.84. The summed E-state index contributed by atoms with van der Waals surface area (Å²) in [7, 11) is 3.63. The van der Waals surface area contributed by atoms with Gasteiger partial charge in [0.2, 0.25) is 11.8 Å². The molecule has 2 amide bonds. The number of aliphatic carboxylic acids is 1. The molecule has 0 rings (SSSR count). The summed E-state index contributed by atoms with van der Waals surface area (Å²) in [6, 6.07) is -0.277. The molecule has 0 spiro atoms. The SMILES string of the molecule is CC(=O)NCCCCC(C(=O)NCCC(=O)O)N([13CH3])[13CH3]. The van der Waals surface area contributed by atoms with Gasteiger partial charge in [0.05, 0.1) is 12.5 Å². The van der Waals surface area contributed by atoms with Crippen LogP contribution in [-0.4, -0.2) is 61.0 Å². The average Bonchev–Trinajstić information content (AvgIpc) is 2.32. The Kier molecular flexibility index (Phi) is 9.36. The summed E-state index contributed by atoms with van der Waals surface area (Å²) in [6.07, 6.45) is 2.22. The van der Waals surface area contributed by atoms with E-state index in [1.54, 1.807) is 0 Å². The summed E-state index contributed by atoms with van der Waals surface area (Å²) < 4.78 is 0. The van der Waals surface area contributed by atoms with Gasteiger partial charge in [0.1, 0.15) is 0 Å². The number of rotatable bonds is 10. The summed E-state index contributed by atoms with van der Waals surface area (Å²) >= 11 is 0. The second kappa shape index (κ2) is 10.2. The van der Waals surface area contributed by atoms with Crippen LogP contribution in [0.25, 0.3) is 0 Å². The first-order chi connectivity index (χ1) is 9.34. The van der Waals surface area contributed by atoms with E-state index in [1.165, 1.54) is 6.92 Å². The van der Waals surface area contributed by atoms with Crippen LogP contribution in [0, 0.1) is 0 Å². The first kappa shape index (κ1) is 18.4. The molecule has 0 aliphatic carbocycles. The lowest BCUT2D eigenvalue weighted by molar-refractivity contribution is -0.137. The molecular weight excluding hydrogens is 264 g/mol. The Morgan fingerprint density at radius 2 is 1.75 bits per heavy atom. The van der Waals surface area contributed by atoms with Crippen molar-refractivity contribution in [3.05, 3.63) is 0 Å². The van der Waals surface area contributed by atoms with Crippen molar-refractivity contribution in [3.63, 3.8) is 0 Å². The van der Waals surface area contributed by atoms with Crippen LogP contribution in [0.4, 0.5) is 0 Å². The van der Waals surface area contributed by atoms with Crippen LogP contribution in [0.2, 0.25) is 0 Å². The molecule has 0 aliphatic heterocycles. The Bertz CT molecular complexity index is 332. The molecule has 7 heteroatoms. The second-order valence-electron chi connectivity index (χ2n) is 4.89. The molecule has 0 aromatic carbocycles. The van der Waals surface area contributed by atoms with Crippen LogP contribution < -0.4 is 10.6 Å². The Hall–Kier alpha value is -1.63. The van der Waals surface area contributed by atoms with Crippen molar-refractivity contribution in [1.82, 2.24) is 15.5 Å². The van der Waals surface area contributed by atoms with E-state index in [0.29, 0.717) is 13.0 Å². The first-order valence-corrected chi connectivity index (χ1v) is 6.75. The molecule has 3 N–H and O–H groups in total. The highest BCUT2D eigenvalue weighted by Crippen LogP contribution is 2.06. The summed E-state index contributed by atoms with van der Waals surface area (Å²) in [6.45, 7) is 2.22. The summed E-state index contributed by atoms with van der Waals surface area (Å²) in [5, 5.41) is 13.9. The van der Waals surface area contributed by atoms with Crippen molar-refractivity contribution < 1.29 is 19.5 Å². The maximum absolute atomic E-state index is 11.9. The number of hydrogen-bond donors (Lipinski definition) is 3. The molecule has 7 nitrogen and oxygen atoms in total. The predicted octanol–water partition coefficient (Wildman–Crippen LogP) is -0.186. The number of unbranched alkanes of at least 4 members (excludes halogenated alkanes) is 1. The van der Waals surface area contributed by atoms with Gasteiger partial charge in [0.25, 0.3) is 0 Å². The van der Waals surface area contributed by atoms with Crippen molar-refractivity contribution in [2.24, 2.45) is 0 Å².